The lowest BCUT2D eigenvalue weighted by atomic mass is 10.1. The van der Waals surface area contributed by atoms with Crippen molar-refractivity contribution >= 4 is 17.8 Å². The summed E-state index contributed by atoms with van der Waals surface area (Å²) in [4.78, 5) is 36.4. The summed E-state index contributed by atoms with van der Waals surface area (Å²) in [6.07, 6.45) is 52.8. The third-order valence-corrected chi connectivity index (χ3v) is 9.79. The molecule has 55 heavy (non-hydrogen) atoms. The van der Waals surface area contributed by atoms with Crippen LogP contribution in [0.25, 0.3) is 0 Å². The molecule has 0 saturated carbocycles. The lowest BCUT2D eigenvalue weighted by Crippen LogP contribution is -2.40. The fourth-order valence-corrected chi connectivity index (χ4v) is 6.35. The van der Waals surface area contributed by atoms with E-state index >= 15 is 0 Å². The average Bonchev–Trinajstić information content (AvgIpc) is 3.17. The van der Waals surface area contributed by atoms with Crippen LogP contribution in [-0.4, -0.2) is 41.6 Å². The first-order valence-corrected chi connectivity index (χ1v) is 22.6. The van der Waals surface area contributed by atoms with Gasteiger partial charge in [0, 0.05) is 12.8 Å². The predicted molar refractivity (Wildman–Crippen MR) is 234 cm³/mol. The summed E-state index contributed by atoms with van der Waals surface area (Å²) < 4.78 is 5.92. The zero-order valence-electron chi connectivity index (χ0n) is 35.5. The Morgan fingerprint density at radius 2 is 1.00 bits per heavy atom. The molecule has 0 spiro atoms. The molecule has 0 aromatic carbocycles. The van der Waals surface area contributed by atoms with Crippen LogP contribution in [0.2, 0.25) is 0 Å². The van der Waals surface area contributed by atoms with Crippen LogP contribution in [0.15, 0.2) is 60.8 Å². The molecule has 0 aliphatic rings. The topological polar surface area (TPSA) is 119 Å². The van der Waals surface area contributed by atoms with Crippen LogP contribution in [0, 0.1) is 0 Å². The highest BCUT2D eigenvalue weighted by Crippen LogP contribution is 2.15. The predicted octanol–water partition coefficient (Wildman–Crippen LogP) is 13.0. The maximum Gasteiger partial charge on any atom is 0.326 e. The SMILES string of the molecule is CCCCCC/C=C\C/C=C\C(CCCCCCC(=O)NC(CCCN)C(=O)O)OC(=O)CCCCCCCC/C=C\C/C=C\C/C=C\CCCCCCC. The number of carbonyl (C=O) groups is 3. The van der Waals surface area contributed by atoms with E-state index in [0.717, 1.165) is 77.0 Å². The highest BCUT2D eigenvalue weighted by molar-refractivity contribution is 5.83. The van der Waals surface area contributed by atoms with Gasteiger partial charge in [0.05, 0.1) is 0 Å². The molecule has 0 radical (unpaired) electrons. The highest BCUT2D eigenvalue weighted by Gasteiger charge is 2.19. The normalized spacial score (nSPS) is 13.2. The van der Waals surface area contributed by atoms with Crippen LogP contribution >= 0.6 is 0 Å². The summed E-state index contributed by atoms with van der Waals surface area (Å²) >= 11 is 0. The summed E-state index contributed by atoms with van der Waals surface area (Å²) in [5, 5.41) is 11.9. The number of rotatable bonds is 40. The molecule has 7 heteroatoms. The Morgan fingerprint density at radius 3 is 1.55 bits per heavy atom. The number of amides is 1. The third kappa shape index (κ3) is 39.1. The number of hydrogen-bond acceptors (Lipinski definition) is 5. The molecule has 0 aliphatic heterocycles. The van der Waals surface area contributed by atoms with E-state index in [-0.39, 0.29) is 18.0 Å². The van der Waals surface area contributed by atoms with Crippen LogP contribution < -0.4 is 11.1 Å². The van der Waals surface area contributed by atoms with E-state index in [9.17, 15) is 19.5 Å². The van der Waals surface area contributed by atoms with Gasteiger partial charge in [0.1, 0.15) is 12.1 Å². The van der Waals surface area contributed by atoms with E-state index in [4.69, 9.17) is 10.5 Å². The van der Waals surface area contributed by atoms with Gasteiger partial charge in [-0.1, -0.05) is 152 Å². The molecule has 0 heterocycles. The highest BCUT2D eigenvalue weighted by atomic mass is 16.5. The number of nitrogens with two attached hydrogens (primary N) is 1. The van der Waals surface area contributed by atoms with E-state index in [1.54, 1.807) is 0 Å². The molecule has 0 aliphatic carbocycles. The monoisotopic (exact) mass is 769 g/mol. The van der Waals surface area contributed by atoms with Crippen molar-refractivity contribution in [3.63, 3.8) is 0 Å². The molecule has 316 valence electrons. The Hall–Kier alpha value is -2.93. The molecule has 4 N–H and O–H groups in total. The van der Waals surface area contributed by atoms with Gasteiger partial charge in [-0.3, -0.25) is 9.59 Å². The number of allylic oxidation sites excluding steroid dienone is 9. The van der Waals surface area contributed by atoms with Gasteiger partial charge in [-0.25, -0.2) is 4.79 Å². The largest absolute Gasteiger partial charge is 0.480 e. The van der Waals surface area contributed by atoms with Crippen LogP contribution in [0.1, 0.15) is 206 Å². The van der Waals surface area contributed by atoms with Gasteiger partial charge < -0.3 is 20.9 Å². The number of unbranched alkanes of at least 4 members (excludes halogenated alkanes) is 18. The number of ether oxygens (including phenoxy) is 1. The second-order valence-corrected chi connectivity index (χ2v) is 15.1. The molecule has 0 fully saturated rings. The van der Waals surface area contributed by atoms with E-state index in [1.165, 1.54) is 83.5 Å². The molecule has 0 bridgehead atoms. The molecular formula is C48H84N2O5. The maximum atomic E-state index is 12.7. The Labute approximate surface area is 338 Å². The second-order valence-electron chi connectivity index (χ2n) is 15.1. The Kier molecular flexibility index (Phi) is 40.0. The van der Waals surface area contributed by atoms with Crippen molar-refractivity contribution in [2.24, 2.45) is 5.73 Å². The molecule has 0 rings (SSSR count). The molecule has 2 unspecified atom stereocenters. The van der Waals surface area contributed by atoms with Crippen molar-refractivity contribution in [2.45, 2.75) is 219 Å². The van der Waals surface area contributed by atoms with E-state index in [2.05, 4.69) is 73.8 Å². The molecule has 7 nitrogen and oxygen atoms in total. The zero-order chi connectivity index (χ0) is 40.3. The standard InChI is InChI=1S/C48H84N2O5/c1-3-5-7-9-11-13-14-15-16-17-18-19-20-21-22-23-24-26-28-30-36-42-47(52)55-44(38-33-29-27-25-12-10-8-6-4-2)39-34-31-32-35-41-46(51)50-45(48(53)54)40-37-43-49/h14-15,17-18,20-21,25,27,33,38,44-45H,3-13,16,19,22-24,26,28-32,34-37,39-43,49H2,1-2H3,(H,50,51)(H,53,54)/b15-14-,18-17-,21-20-,27-25-,38-33-. The number of carboxylic acid groups (broad SMARTS) is 1. The number of nitrogens with one attached hydrogen (secondary N) is 1. The third-order valence-electron chi connectivity index (χ3n) is 9.79. The van der Waals surface area contributed by atoms with Gasteiger partial charge in [-0.15, -0.1) is 0 Å². The van der Waals surface area contributed by atoms with Crippen LogP contribution in [0.4, 0.5) is 0 Å². The van der Waals surface area contributed by atoms with Crippen LogP contribution in [0.5, 0.6) is 0 Å². The van der Waals surface area contributed by atoms with Gasteiger partial charge in [0.15, 0.2) is 0 Å². The van der Waals surface area contributed by atoms with Gasteiger partial charge in [0.2, 0.25) is 5.91 Å². The molecule has 1 amide bonds. The summed E-state index contributed by atoms with van der Waals surface area (Å²) in [6, 6.07) is -0.878. The van der Waals surface area contributed by atoms with Crippen molar-refractivity contribution in [2.75, 3.05) is 6.54 Å². The number of carbonyl (C=O) groups excluding carboxylic acids is 2. The number of esters is 1. The summed E-state index contributed by atoms with van der Waals surface area (Å²) in [7, 11) is 0. The lowest BCUT2D eigenvalue weighted by Gasteiger charge is -2.15. The van der Waals surface area contributed by atoms with Crippen LogP contribution in [-0.2, 0) is 19.1 Å². The van der Waals surface area contributed by atoms with E-state index in [1.807, 2.05) is 6.08 Å². The zero-order valence-corrected chi connectivity index (χ0v) is 35.5. The number of aliphatic carboxylic acids is 1. The number of carboxylic acids is 1. The van der Waals surface area contributed by atoms with Crippen molar-refractivity contribution in [1.29, 1.82) is 0 Å². The summed E-state index contributed by atoms with van der Waals surface area (Å²) in [5.74, 6) is -1.37. The minimum absolute atomic E-state index is 0.117. The fraction of sp³-hybridized carbons (Fsp3) is 0.729. The van der Waals surface area contributed by atoms with Crippen molar-refractivity contribution < 1.29 is 24.2 Å². The minimum atomic E-state index is -1.02. The molecule has 0 aromatic heterocycles. The van der Waals surface area contributed by atoms with E-state index < -0.39 is 12.0 Å². The molecule has 0 aromatic rings. The van der Waals surface area contributed by atoms with Gasteiger partial charge in [0.25, 0.3) is 0 Å². The maximum absolute atomic E-state index is 12.7. The van der Waals surface area contributed by atoms with Gasteiger partial charge in [-0.2, -0.15) is 0 Å². The Balaban J connectivity index is 4.29. The molecular weight excluding hydrogens is 685 g/mol. The molecule has 0 saturated heterocycles. The first-order chi connectivity index (χ1) is 26.9. The van der Waals surface area contributed by atoms with E-state index in [0.29, 0.717) is 38.6 Å². The van der Waals surface area contributed by atoms with Gasteiger partial charge >= 0.3 is 11.9 Å². The smallest absolute Gasteiger partial charge is 0.326 e. The first-order valence-electron chi connectivity index (χ1n) is 22.6. The fourth-order valence-electron chi connectivity index (χ4n) is 6.35. The summed E-state index contributed by atoms with van der Waals surface area (Å²) in [6.45, 7) is 4.89. The van der Waals surface area contributed by atoms with Crippen molar-refractivity contribution in [1.82, 2.24) is 5.32 Å². The quantitative estimate of drug-likeness (QED) is 0.0324. The first kappa shape index (κ1) is 52.1. The van der Waals surface area contributed by atoms with Crippen molar-refractivity contribution in [3.05, 3.63) is 60.8 Å². The Morgan fingerprint density at radius 1 is 0.545 bits per heavy atom. The molecule has 2 atom stereocenters. The minimum Gasteiger partial charge on any atom is -0.480 e. The average molecular weight is 769 g/mol. The second kappa shape index (κ2) is 42.2. The van der Waals surface area contributed by atoms with Gasteiger partial charge in [-0.05, 0) is 109 Å². The number of hydrogen-bond donors (Lipinski definition) is 3. The van der Waals surface area contributed by atoms with Crippen LogP contribution in [0.3, 0.4) is 0 Å². The Bertz CT molecular complexity index is 1050. The van der Waals surface area contributed by atoms with Crippen molar-refractivity contribution in [3.8, 4) is 0 Å². The summed E-state index contributed by atoms with van der Waals surface area (Å²) in [5.41, 5.74) is 5.48. The lowest BCUT2D eigenvalue weighted by molar-refractivity contribution is -0.147.